The van der Waals surface area contributed by atoms with Gasteiger partial charge in [-0.05, 0) is 33.2 Å². The van der Waals surface area contributed by atoms with Gasteiger partial charge in [0.15, 0.2) is 0 Å². The first-order valence-corrected chi connectivity index (χ1v) is 7.28. The Kier molecular flexibility index (Phi) is 6.09. The van der Waals surface area contributed by atoms with E-state index in [0.717, 1.165) is 19.4 Å². The van der Waals surface area contributed by atoms with E-state index < -0.39 is 0 Å². The van der Waals surface area contributed by atoms with Crippen LogP contribution in [0.5, 0.6) is 0 Å². The van der Waals surface area contributed by atoms with Gasteiger partial charge in [-0.3, -0.25) is 9.69 Å². The maximum Gasteiger partial charge on any atom is 0.234 e. The van der Waals surface area contributed by atoms with Crippen LogP contribution in [-0.2, 0) is 4.79 Å². The SMILES string of the molecule is CCN(CC(=O)NC(C)C)C1(CN)CCCCC1. The third kappa shape index (κ3) is 3.95. The number of nitrogens with zero attached hydrogens (tertiary/aromatic N) is 1. The monoisotopic (exact) mass is 255 g/mol. The Bertz CT molecular complexity index is 260. The molecule has 0 radical (unpaired) electrons. The van der Waals surface area contributed by atoms with Crippen molar-refractivity contribution >= 4 is 5.91 Å². The molecular weight excluding hydrogens is 226 g/mol. The van der Waals surface area contributed by atoms with Crippen molar-refractivity contribution in [1.29, 1.82) is 0 Å². The second kappa shape index (κ2) is 7.10. The summed E-state index contributed by atoms with van der Waals surface area (Å²) < 4.78 is 0. The number of nitrogens with two attached hydrogens (primary N) is 1. The van der Waals surface area contributed by atoms with Gasteiger partial charge in [-0.15, -0.1) is 0 Å². The van der Waals surface area contributed by atoms with E-state index in [0.29, 0.717) is 13.1 Å². The molecule has 1 fully saturated rings. The van der Waals surface area contributed by atoms with Crippen molar-refractivity contribution in [1.82, 2.24) is 10.2 Å². The molecule has 0 saturated heterocycles. The zero-order valence-electron chi connectivity index (χ0n) is 12.2. The summed E-state index contributed by atoms with van der Waals surface area (Å²) in [5, 5.41) is 2.97. The van der Waals surface area contributed by atoms with Gasteiger partial charge in [0, 0.05) is 18.1 Å². The van der Waals surface area contributed by atoms with Crippen molar-refractivity contribution in [3.05, 3.63) is 0 Å². The Labute approximate surface area is 111 Å². The zero-order chi connectivity index (χ0) is 13.6. The lowest BCUT2D eigenvalue weighted by Crippen LogP contribution is -2.57. The highest BCUT2D eigenvalue weighted by Crippen LogP contribution is 2.32. The summed E-state index contributed by atoms with van der Waals surface area (Å²) in [7, 11) is 0. The van der Waals surface area contributed by atoms with E-state index in [9.17, 15) is 4.79 Å². The second-order valence-electron chi connectivity index (χ2n) is 5.73. The standard InChI is InChI=1S/C14H29N3O/c1-4-17(10-13(18)16-12(2)3)14(11-15)8-6-5-7-9-14/h12H,4-11,15H2,1-3H3,(H,16,18). The number of hydrogen-bond acceptors (Lipinski definition) is 3. The highest BCUT2D eigenvalue weighted by molar-refractivity contribution is 5.78. The Balaban J connectivity index is 2.65. The molecule has 4 nitrogen and oxygen atoms in total. The fraction of sp³-hybridized carbons (Fsp3) is 0.929. The molecule has 0 spiro atoms. The van der Waals surface area contributed by atoms with Gasteiger partial charge in [0.1, 0.15) is 0 Å². The minimum atomic E-state index is 0.0569. The number of hydrogen-bond donors (Lipinski definition) is 2. The molecule has 0 aromatic carbocycles. The van der Waals surface area contributed by atoms with Gasteiger partial charge in [-0.25, -0.2) is 0 Å². The quantitative estimate of drug-likeness (QED) is 0.756. The summed E-state index contributed by atoms with van der Waals surface area (Å²) in [6.45, 7) is 8.14. The number of amides is 1. The highest BCUT2D eigenvalue weighted by atomic mass is 16.2. The van der Waals surface area contributed by atoms with Gasteiger partial charge >= 0.3 is 0 Å². The molecule has 4 heteroatoms. The second-order valence-corrected chi connectivity index (χ2v) is 5.73. The average molecular weight is 255 g/mol. The topological polar surface area (TPSA) is 58.4 Å². The van der Waals surface area contributed by atoms with Crippen LogP contribution in [0.15, 0.2) is 0 Å². The number of carbonyl (C=O) groups excluding carboxylic acids is 1. The van der Waals surface area contributed by atoms with Crippen LogP contribution in [0.1, 0.15) is 52.9 Å². The summed E-state index contributed by atoms with van der Waals surface area (Å²) in [6.07, 6.45) is 6.04. The summed E-state index contributed by atoms with van der Waals surface area (Å²) in [5.41, 5.74) is 6.08. The predicted octanol–water partition coefficient (Wildman–Crippen LogP) is 1.49. The van der Waals surface area contributed by atoms with Gasteiger partial charge in [-0.2, -0.15) is 0 Å². The van der Waals surface area contributed by atoms with Crippen LogP contribution >= 0.6 is 0 Å². The molecule has 0 unspecified atom stereocenters. The summed E-state index contributed by atoms with van der Waals surface area (Å²) in [4.78, 5) is 14.2. The van der Waals surface area contributed by atoms with Gasteiger partial charge < -0.3 is 11.1 Å². The van der Waals surface area contributed by atoms with Crippen LogP contribution in [0.3, 0.4) is 0 Å². The van der Waals surface area contributed by atoms with Crippen molar-refractivity contribution in [3.8, 4) is 0 Å². The number of nitrogens with one attached hydrogen (secondary N) is 1. The zero-order valence-corrected chi connectivity index (χ0v) is 12.2. The Morgan fingerprint density at radius 1 is 1.33 bits per heavy atom. The molecule has 3 N–H and O–H groups in total. The van der Waals surface area contributed by atoms with Crippen LogP contribution in [0.25, 0.3) is 0 Å². The Morgan fingerprint density at radius 3 is 2.39 bits per heavy atom. The van der Waals surface area contributed by atoms with Crippen LogP contribution in [0.2, 0.25) is 0 Å². The van der Waals surface area contributed by atoms with Gasteiger partial charge in [0.25, 0.3) is 0 Å². The van der Waals surface area contributed by atoms with E-state index in [2.05, 4.69) is 17.1 Å². The third-order valence-electron chi connectivity index (χ3n) is 4.00. The lowest BCUT2D eigenvalue weighted by molar-refractivity contribution is -0.124. The molecule has 0 aromatic rings. The molecule has 1 amide bonds. The minimum Gasteiger partial charge on any atom is -0.353 e. The smallest absolute Gasteiger partial charge is 0.234 e. The summed E-state index contributed by atoms with van der Waals surface area (Å²) in [6, 6.07) is 0.205. The number of likely N-dealkylation sites (N-methyl/N-ethyl adjacent to an activating group) is 1. The van der Waals surface area contributed by atoms with Crippen LogP contribution in [0.4, 0.5) is 0 Å². The van der Waals surface area contributed by atoms with Crippen LogP contribution in [0, 0.1) is 0 Å². The van der Waals surface area contributed by atoms with E-state index in [1.165, 1.54) is 19.3 Å². The fourth-order valence-corrected chi connectivity index (χ4v) is 3.02. The van der Waals surface area contributed by atoms with Crippen molar-refractivity contribution < 1.29 is 4.79 Å². The molecule has 0 heterocycles. The molecule has 1 rings (SSSR count). The normalized spacial score (nSPS) is 19.2. The summed E-state index contributed by atoms with van der Waals surface area (Å²) >= 11 is 0. The van der Waals surface area contributed by atoms with E-state index in [1.807, 2.05) is 13.8 Å². The van der Waals surface area contributed by atoms with Crippen molar-refractivity contribution in [3.63, 3.8) is 0 Å². The Morgan fingerprint density at radius 2 is 1.94 bits per heavy atom. The van der Waals surface area contributed by atoms with Crippen molar-refractivity contribution in [2.45, 2.75) is 64.5 Å². The maximum absolute atomic E-state index is 11.9. The lowest BCUT2D eigenvalue weighted by Gasteiger charge is -2.45. The summed E-state index contributed by atoms with van der Waals surface area (Å²) in [5.74, 6) is 0.116. The van der Waals surface area contributed by atoms with Crippen LogP contribution in [-0.4, -0.2) is 42.0 Å². The molecule has 0 atom stereocenters. The molecule has 0 aliphatic heterocycles. The number of carbonyl (C=O) groups is 1. The molecular formula is C14H29N3O. The minimum absolute atomic E-state index is 0.0569. The molecule has 1 aliphatic carbocycles. The number of rotatable bonds is 6. The fourth-order valence-electron chi connectivity index (χ4n) is 3.02. The Hall–Kier alpha value is -0.610. The predicted molar refractivity (Wildman–Crippen MR) is 75.4 cm³/mol. The molecule has 18 heavy (non-hydrogen) atoms. The van der Waals surface area contributed by atoms with E-state index in [1.54, 1.807) is 0 Å². The first kappa shape index (κ1) is 15.4. The van der Waals surface area contributed by atoms with E-state index >= 15 is 0 Å². The van der Waals surface area contributed by atoms with E-state index in [-0.39, 0.29) is 17.5 Å². The average Bonchev–Trinajstić information content (AvgIpc) is 2.36. The van der Waals surface area contributed by atoms with E-state index in [4.69, 9.17) is 5.73 Å². The van der Waals surface area contributed by atoms with Gasteiger partial charge in [0.2, 0.25) is 5.91 Å². The molecule has 0 aromatic heterocycles. The highest BCUT2D eigenvalue weighted by Gasteiger charge is 2.36. The third-order valence-corrected chi connectivity index (χ3v) is 4.00. The van der Waals surface area contributed by atoms with Gasteiger partial charge in [0.05, 0.1) is 6.54 Å². The molecule has 1 aliphatic rings. The lowest BCUT2D eigenvalue weighted by atomic mass is 9.80. The van der Waals surface area contributed by atoms with Gasteiger partial charge in [-0.1, -0.05) is 26.2 Å². The van der Waals surface area contributed by atoms with Crippen molar-refractivity contribution in [2.24, 2.45) is 5.73 Å². The molecule has 106 valence electrons. The first-order chi connectivity index (χ1) is 8.54. The molecule has 1 saturated carbocycles. The first-order valence-electron chi connectivity index (χ1n) is 7.28. The largest absolute Gasteiger partial charge is 0.353 e. The van der Waals surface area contributed by atoms with Crippen molar-refractivity contribution in [2.75, 3.05) is 19.6 Å². The van der Waals surface area contributed by atoms with Crippen LogP contribution < -0.4 is 11.1 Å². The molecule has 0 bridgehead atoms. The maximum atomic E-state index is 11.9.